The van der Waals surface area contributed by atoms with Crippen molar-refractivity contribution in [3.63, 3.8) is 0 Å². The molecule has 3 rings (SSSR count). The molecule has 1 aliphatic heterocycles. The number of nitrogens with zero attached hydrogens (tertiary/aromatic N) is 2. The standard InChI is InChI=1S/C15H11ClN2O2S/c1-18-14(19)13(9-12-6-3-7-20-12)21-15(18)17-11-5-2-4-10(16)8-11/h2-9H,1H3/b13-9+,17-15?. The van der Waals surface area contributed by atoms with Gasteiger partial charge in [0.2, 0.25) is 0 Å². The van der Waals surface area contributed by atoms with Crippen molar-refractivity contribution in [3.05, 3.63) is 58.3 Å². The van der Waals surface area contributed by atoms with E-state index in [1.807, 2.05) is 12.1 Å². The van der Waals surface area contributed by atoms with Crippen LogP contribution in [0, 0.1) is 0 Å². The summed E-state index contributed by atoms with van der Waals surface area (Å²) >= 11 is 7.25. The fraction of sp³-hybridized carbons (Fsp3) is 0.0667. The van der Waals surface area contributed by atoms with Crippen LogP contribution in [-0.4, -0.2) is 23.0 Å². The van der Waals surface area contributed by atoms with Gasteiger partial charge in [0.15, 0.2) is 5.17 Å². The summed E-state index contributed by atoms with van der Waals surface area (Å²) in [5.74, 6) is 0.542. The first-order valence-corrected chi connectivity index (χ1v) is 7.38. The van der Waals surface area contributed by atoms with Crippen LogP contribution in [-0.2, 0) is 4.79 Å². The van der Waals surface area contributed by atoms with Gasteiger partial charge in [0.05, 0.1) is 16.9 Å². The highest BCUT2D eigenvalue weighted by atomic mass is 35.5. The Hall–Kier alpha value is -1.98. The Morgan fingerprint density at radius 3 is 2.90 bits per heavy atom. The fourth-order valence-electron chi connectivity index (χ4n) is 1.81. The average Bonchev–Trinajstić information content (AvgIpc) is 3.05. The Morgan fingerprint density at radius 2 is 2.19 bits per heavy atom. The molecule has 21 heavy (non-hydrogen) atoms. The number of rotatable bonds is 2. The van der Waals surface area contributed by atoms with Crippen LogP contribution in [0.15, 0.2) is 57.0 Å². The van der Waals surface area contributed by atoms with Gasteiger partial charge >= 0.3 is 0 Å². The molecule has 1 fully saturated rings. The molecule has 1 aliphatic rings. The lowest BCUT2D eigenvalue weighted by Gasteiger charge is -2.07. The summed E-state index contributed by atoms with van der Waals surface area (Å²) in [5, 5.41) is 1.22. The number of amides is 1. The summed E-state index contributed by atoms with van der Waals surface area (Å²) in [4.78, 5) is 18.7. The lowest BCUT2D eigenvalue weighted by atomic mass is 10.3. The second-order valence-electron chi connectivity index (χ2n) is 4.36. The number of hydrogen-bond acceptors (Lipinski definition) is 4. The number of amidine groups is 1. The zero-order chi connectivity index (χ0) is 14.8. The molecule has 0 spiro atoms. The summed E-state index contributed by atoms with van der Waals surface area (Å²) in [6.45, 7) is 0. The van der Waals surface area contributed by atoms with Gasteiger partial charge in [0.25, 0.3) is 5.91 Å². The highest BCUT2D eigenvalue weighted by Crippen LogP contribution is 2.33. The van der Waals surface area contributed by atoms with E-state index < -0.39 is 0 Å². The minimum absolute atomic E-state index is 0.0998. The van der Waals surface area contributed by atoms with Crippen LogP contribution in [0.5, 0.6) is 0 Å². The van der Waals surface area contributed by atoms with Crippen molar-refractivity contribution in [2.45, 2.75) is 0 Å². The van der Waals surface area contributed by atoms with E-state index in [4.69, 9.17) is 16.0 Å². The van der Waals surface area contributed by atoms with Gasteiger partial charge in [-0.3, -0.25) is 9.69 Å². The molecule has 0 radical (unpaired) electrons. The lowest BCUT2D eigenvalue weighted by Crippen LogP contribution is -2.23. The maximum atomic E-state index is 12.2. The van der Waals surface area contributed by atoms with E-state index in [9.17, 15) is 4.79 Å². The maximum absolute atomic E-state index is 12.2. The van der Waals surface area contributed by atoms with Crippen LogP contribution < -0.4 is 0 Å². The van der Waals surface area contributed by atoms with E-state index >= 15 is 0 Å². The second kappa shape index (κ2) is 5.79. The highest BCUT2D eigenvalue weighted by Gasteiger charge is 2.30. The van der Waals surface area contributed by atoms with E-state index in [1.54, 1.807) is 43.7 Å². The number of carbonyl (C=O) groups excluding carboxylic acids is 1. The molecule has 2 aromatic rings. The number of carbonyl (C=O) groups is 1. The molecule has 1 saturated heterocycles. The van der Waals surface area contributed by atoms with Crippen LogP contribution in [0.2, 0.25) is 5.02 Å². The zero-order valence-electron chi connectivity index (χ0n) is 11.1. The molecule has 106 valence electrons. The van der Waals surface area contributed by atoms with Gasteiger partial charge in [-0.2, -0.15) is 0 Å². The minimum Gasteiger partial charge on any atom is -0.465 e. The molecular formula is C15H11ClN2O2S. The van der Waals surface area contributed by atoms with Crippen molar-refractivity contribution in [2.75, 3.05) is 7.05 Å². The smallest absolute Gasteiger partial charge is 0.266 e. The van der Waals surface area contributed by atoms with Gasteiger partial charge in [-0.1, -0.05) is 17.7 Å². The average molecular weight is 319 g/mol. The van der Waals surface area contributed by atoms with Crippen LogP contribution in [0.3, 0.4) is 0 Å². The maximum Gasteiger partial charge on any atom is 0.266 e. The van der Waals surface area contributed by atoms with Crippen molar-refractivity contribution < 1.29 is 9.21 Å². The minimum atomic E-state index is -0.0998. The predicted molar refractivity (Wildman–Crippen MR) is 85.6 cm³/mol. The molecule has 0 saturated carbocycles. The quantitative estimate of drug-likeness (QED) is 0.781. The first-order valence-electron chi connectivity index (χ1n) is 6.19. The van der Waals surface area contributed by atoms with E-state index in [0.29, 0.717) is 26.5 Å². The number of furan rings is 1. The molecule has 4 nitrogen and oxygen atoms in total. The molecule has 2 heterocycles. The number of thioether (sulfide) groups is 1. The molecule has 1 amide bonds. The van der Waals surface area contributed by atoms with Gasteiger partial charge in [-0.25, -0.2) is 4.99 Å². The third kappa shape index (κ3) is 3.04. The van der Waals surface area contributed by atoms with Crippen LogP contribution in [0.25, 0.3) is 6.08 Å². The van der Waals surface area contributed by atoms with Crippen molar-refractivity contribution in [2.24, 2.45) is 4.99 Å². The Balaban J connectivity index is 1.90. The highest BCUT2D eigenvalue weighted by molar-refractivity contribution is 8.18. The third-order valence-corrected chi connectivity index (χ3v) is 4.15. The van der Waals surface area contributed by atoms with E-state index in [2.05, 4.69) is 4.99 Å². The van der Waals surface area contributed by atoms with Crippen LogP contribution in [0.1, 0.15) is 5.76 Å². The molecule has 6 heteroatoms. The number of likely N-dealkylation sites (N-methyl/N-ethyl adjacent to an activating group) is 1. The first kappa shape index (κ1) is 14.0. The number of benzene rings is 1. The molecule has 0 N–H and O–H groups in total. The Labute approximate surface area is 131 Å². The number of halogens is 1. The summed E-state index contributed by atoms with van der Waals surface area (Å²) in [6.07, 6.45) is 3.28. The van der Waals surface area contributed by atoms with E-state index in [-0.39, 0.29) is 5.91 Å². The van der Waals surface area contributed by atoms with Crippen molar-refractivity contribution in [3.8, 4) is 0 Å². The van der Waals surface area contributed by atoms with Gasteiger partial charge in [-0.15, -0.1) is 0 Å². The monoisotopic (exact) mass is 318 g/mol. The normalized spacial score (nSPS) is 19.0. The molecule has 1 aromatic carbocycles. The predicted octanol–water partition coefficient (Wildman–Crippen LogP) is 4.17. The van der Waals surface area contributed by atoms with Gasteiger partial charge in [-0.05, 0) is 42.1 Å². The largest absolute Gasteiger partial charge is 0.465 e. The molecule has 0 bridgehead atoms. The van der Waals surface area contributed by atoms with Crippen molar-refractivity contribution in [1.82, 2.24) is 4.90 Å². The first-order chi connectivity index (χ1) is 10.1. The van der Waals surface area contributed by atoms with E-state index in [1.165, 1.54) is 16.7 Å². The zero-order valence-corrected chi connectivity index (χ0v) is 12.7. The van der Waals surface area contributed by atoms with Crippen LogP contribution >= 0.6 is 23.4 Å². The summed E-state index contributed by atoms with van der Waals surface area (Å²) < 4.78 is 5.23. The van der Waals surface area contributed by atoms with E-state index in [0.717, 1.165) is 0 Å². The summed E-state index contributed by atoms with van der Waals surface area (Å²) in [7, 11) is 1.70. The van der Waals surface area contributed by atoms with Crippen molar-refractivity contribution >= 4 is 46.2 Å². The lowest BCUT2D eigenvalue weighted by molar-refractivity contribution is -0.121. The summed E-state index contributed by atoms with van der Waals surface area (Å²) in [5.41, 5.74) is 0.712. The van der Waals surface area contributed by atoms with Crippen molar-refractivity contribution in [1.29, 1.82) is 0 Å². The summed E-state index contributed by atoms with van der Waals surface area (Å²) in [6, 6.07) is 10.8. The molecule has 0 unspecified atom stereocenters. The van der Waals surface area contributed by atoms with Crippen LogP contribution in [0.4, 0.5) is 5.69 Å². The molecule has 0 atom stereocenters. The Morgan fingerprint density at radius 1 is 1.33 bits per heavy atom. The van der Waals surface area contributed by atoms with Gasteiger partial charge in [0.1, 0.15) is 5.76 Å². The fourth-order valence-corrected chi connectivity index (χ4v) is 2.96. The van der Waals surface area contributed by atoms with Gasteiger partial charge < -0.3 is 4.42 Å². The number of hydrogen-bond donors (Lipinski definition) is 0. The third-order valence-electron chi connectivity index (χ3n) is 2.85. The molecule has 0 aliphatic carbocycles. The second-order valence-corrected chi connectivity index (χ2v) is 5.81. The topological polar surface area (TPSA) is 45.8 Å². The number of aliphatic imine (C=N–C) groups is 1. The van der Waals surface area contributed by atoms with Gasteiger partial charge in [0, 0.05) is 18.1 Å². The molecular weight excluding hydrogens is 308 g/mol. The Bertz CT molecular complexity index is 738. The molecule has 1 aromatic heterocycles. The SMILES string of the molecule is CN1C(=O)/C(=C\c2ccco2)SC1=Nc1cccc(Cl)c1. The Kier molecular flexibility index (Phi) is 3.86.